The number of hydrogen-bond acceptors (Lipinski definition) is 2. The van der Waals surface area contributed by atoms with Gasteiger partial charge in [0.1, 0.15) is 5.82 Å². The van der Waals surface area contributed by atoms with E-state index in [0.717, 1.165) is 18.8 Å². The molecule has 0 radical (unpaired) electrons. The number of halogens is 1. The third-order valence-corrected chi connectivity index (χ3v) is 2.88. The molecule has 2 rings (SSSR count). The van der Waals surface area contributed by atoms with E-state index in [-0.39, 0.29) is 11.9 Å². The Balaban J connectivity index is 2.05. The summed E-state index contributed by atoms with van der Waals surface area (Å²) in [4.78, 5) is 4.41. The Morgan fingerprint density at radius 2 is 2.12 bits per heavy atom. The van der Waals surface area contributed by atoms with Crippen molar-refractivity contribution in [1.29, 1.82) is 0 Å². The molecule has 1 unspecified atom stereocenters. The molecule has 0 saturated heterocycles. The molecule has 0 aromatic heterocycles. The summed E-state index contributed by atoms with van der Waals surface area (Å²) in [6, 6.07) is 6.87. The Morgan fingerprint density at radius 1 is 1.31 bits per heavy atom. The number of aliphatic imine (C=N–C) groups is 1. The fraction of sp³-hybridized carbons (Fsp3) is 0.462. The van der Waals surface area contributed by atoms with E-state index in [1.54, 1.807) is 6.07 Å². The minimum atomic E-state index is -0.154. The lowest BCUT2D eigenvalue weighted by atomic mass is 10.1. The highest BCUT2D eigenvalue weighted by atomic mass is 19.1. The zero-order valence-electron chi connectivity index (χ0n) is 9.54. The van der Waals surface area contributed by atoms with Gasteiger partial charge in [0, 0.05) is 18.5 Å². The lowest BCUT2D eigenvalue weighted by Crippen LogP contribution is -2.29. The van der Waals surface area contributed by atoms with Crippen LogP contribution in [0, 0.1) is 5.82 Å². The fourth-order valence-electron chi connectivity index (χ4n) is 1.97. The van der Waals surface area contributed by atoms with E-state index >= 15 is 0 Å². The van der Waals surface area contributed by atoms with Crippen molar-refractivity contribution < 1.29 is 4.39 Å². The Kier molecular flexibility index (Phi) is 3.54. The summed E-state index contributed by atoms with van der Waals surface area (Å²) in [5.74, 6) is 0.862. The number of nitrogens with one attached hydrogen (secondary N) is 1. The Hall–Kier alpha value is -1.38. The molecule has 3 heteroatoms. The molecule has 0 fully saturated rings. The number of rotatable bonds is 2. The van der Waals surface area contributed by atoms with E-state index in [1.807, 2.05) is 19.1 Å². The van der Waals surface area contributed by atoms with Crippen molar-refractivity contribution >= 4 is 5.84 Å². The molecule has 1 aliphatic heterocycles. The second kappa shape index (κ2) is 5.10. The third-order valence-electron chi connectivity index (χ3n) is 2.88. The molecule has 1 aromatic rings. The van der Waals surface area contributed by atoms with E-state index in [0.29, 0.717) is 5.56 Å². The molecular weight excluding hydrogens is 203 g/mol. The van der Waals surface area contributed by atoms with Crippen LogP contribution in [0.3, 0.4) is 0 Å². The first kappa shape index (κ1) is 11.1. The molecule has 0 saturated carbocycles. The molecule has 0 spiro atoms. The van der Waals surface area contributed by atoms with Crippen LogP contribution in [-0.2, 0) is 0 Å². The summed E-state index contributed by atoms with van der Waals surface area (Å²) < 4.78 is 13.5. The normalized spacial score (nSPS) is 17.8. The second-order valence-electron chi connectivity index (χ2n) is 4.17. The van der Waals surface area contributed by atoms with Crippen molar-refractivity contribution in [3.05, 3.63) is 35.6 Å². The van der Waals surface area contributed by atoms with Gasteiger partial charge in [-0.3, -0.25) is 4.99 Å². The molecule has 1 atom stereocenters. The van der Waals surface area contributed by atoms with Crippen molar-refractivity contribution in [3.8, 4) is 0 Å². The van der Waals surface area contributed by atoms with Gasteiger partial charge in [0.25, 0.3) is 0 Å². The maximum absolute atomic E-state index is 13.5. The van der Waals surface area contributed by atoms with Gasteiger partial charge in [-0.05, 0) is 25.8 Å². The topological polar surface area (TPSA) is 24.4 Å². The first-order valence-electron chi connectivity index (χ1n) is 5.81. The van der Waals surface area contributed by atoms with Crippen LogP contribution in [0.15, 0.2) is 29.3 Å². The van der Waals surface area contributed by atoms with E-state index in [2.05, 4.69) is 10.3 Å². The molecule has 1 heterocycles. The number of amidine groups is 1. The van der Waals surface area contributed by atoms with Gasteiger partial charge in [0.15, 0.2) is 0 Å². The Morgan fingerprint density at radius 3 is 2.81 bits per heavy atom. The summed E-state index contributed by atoms with van der Waals surface area (Å²) in [5.41, 5.74) is 0.704. The highest BCUT2D eigenvalue weighted by molar-refractivity contribution is 5.83. The van der Waals surface area contributed by atoms with Crippen molar-refractivity contribution in [2.75, 3.05) is 6.54 Å². The number of benzene rings is 1. The molecule has 1 N–H and O–H groups in total. The summed E-state index contributed by atoms with van der Waals surface area (Å²) in [6.45, 7) is 2.86. The smallest absolute Gasteiger partial charge is 0.128 e. The van der Waals surface area contributed by atoms with Gasteiger partial charge in [-0.25, -0.2) is 4.39 Å². The first-order valence-corrected chi connectivity index (χ1v) is 5.81. The van der Waals surface area contributed by atoms with Crippen LogP contribution < -0.4 is 5.32 Å². The van der Waals surface area contributed by atoms with Crippen molar-refractivity contribution in [1.82, 2.24) is 5.32 Å². The van der Waals surface area contributed by atoms with Gasteiger partial charge >= 0.3 is 0 Å². The average molecular weight is 220 g/mol. The lowest BCUT2D eigenvalue weighted by Gasteiger charge is -2.20. The molecule has 0 amide bonds. The highest BCUT2D eigenvalue weighted by Crippen LogP contribution is 2.17. The lowest BCUT2D eigenvalue weighted by molar-refractivity contribution is 0.572. The van der Waals surface area contributed by atoms with E-state index in [4.69, 9.17) is 0 Å². The Labute approximate surface area is 95.6 Å². The predicted molar refractivity (Wildman–Crippen MR) is 64.1 cm³/mol. The van der Waals surface area contributed by atoms with Gasteiger partial charge in [-0.2, -0.15) is 0 Å². The third kappa shape index (κ3) is 2.60. The first-order chi connectivity index (χ1) is 7.77. The zero-order valence-corrected chi connectivity index (χ0v) is 9.54. The molecule has 16 heavy (non-hydrogen) atoms. The molecule has 1 aromatic carbocycles. The van der Waals surface area contributed by atoms with Crippen LogP contribution in [0.2, 0.25) is 0 Å². The zero-order chi connectivity index (χ0) is 11.4. The standard InChI is InChI=1S/C13H17FN2/c1-10(11-6-2-3-7-12(11)14)16-13-8-4-5-9-15-13/h2-3,6-7,10H,4-5,8-9H2,1H3,(H,15,16). The van der Waals surface area contributed by atoms with E-state index in [1.165, 1.54) is 18.9 Å². The van der Waals surface area contributed by atoms with Crippen LogP contribution in [0.25, 0.3) is 0 Å². The fourth-order valence-corrected chi connectivity index (χ4v) is 1.97. The maximum Gasteiger partial charge on any atom is 0.128 e. The van der Waals surface area contributed by atoms with E-state index < -0.39 is 0 Å². The van der Waals surface area contributed by atoms with Crippen LogP contribution >= 0.6 is 0 Å². The minimum Gasteiger partial charge on any atom is -0.367 e. The second-order valence-corrected chi connectivity index (χ2v) is 4.17. The summed E-state index contributed by atoms with van der Waals surface area (Å²) in [7, 11) is 0. The number of hydrogen-bond donors (Lipinski definition) is 1. The van der Waals surface area contributed by atoms with Gasteiger partial charge in [0.2, 0.25) is 0 Å². The molecule has 0 bridgehead atoms. The quantitative estimate of drug-likeness (QED) is 0.814. The summed E-state index contributed by atoms with van der Waals surface area (Å²) in [5, 5.41) is 3.29. The molecule has 86 valence electrons. The van der Waals surface area contributed by atoms with Gasteiger partial charge in [0.05, 0.1) is 11.9 Å². The average Bonchev–Trinajstić information content (AvgIpc) is 2.31. The van der Waals surface area contributed by atoms with Crippen LogP contribution in [0.1, 0.15) is 37.8 Å². The van der Waals surface area contributed by atoms with Crippen LogP contribution in [-0.4, -0.2) is 12.4 Å². The monoisotopic (exact) mass is 220 g/mol. The van der Waals surface area contributed by atoms with Gasteiger partial charge in [-0.1, -0.05) is 18.2 Å². The minimum absolute atomic E-state index is 0.0157. The Bertz CT molecular complexity index is 387. The molecular formula is C13H17FN2. The summed E-state index contributed by atoms with van der Waals surface area (Å²) in [6.07, 6.45) is 3.33. The molecule has 0 aliphatic carbocycles. The largest absolute Gasteiger partial charge is 0.367 e. The van der Waals surface area contributed by atoms with Crippen LogP contribution in [0.4, 0.5) is 4.39 Å². The maximum atomic E-state index is 13.5. The summed E-state index contributed by atoms with van der Waals surface area (Å²) >= 11 is 0. The van der Waals surface area contributed by atoms with Gasteiger partial charge < -0.3 is 5.32 Å². The van der Waals surface area contributed by atoms with Crippen LogP contribution in [0.5, 0.6) is 0 Å². The number of nitrogens with zero attached hydrogens (tertiary/aromatic N) is 1. The van der Waals surface area contributed by atoms with Crippen molar-refractivity contribution in [3.63, 3.8) is 0 Å². The van der Waals surface area contributed by atoms with Crippen molar-refractivity contribution in [2.24, 2.45) is 4.99 Å². The SMILES string of the molecule is CC(NC1=NCCCC1)c1ccccc1F. The van der Waals surface area contributed by atoms with Crippen molar-refractivity contribution in [2.45, 2.75) is 32.2 Å². The predicted octanol–water partition coefficient (Wildman–Crippen LogP) is 3.06. The molecule has 1 aliphatic rings. The highest BCUT2D eigenvalue weighted by Gasteiger charge is 2.12. The molecule has 2 nitrogen and oxygen atoms in total. The van der Waals surface area contributed by atoms with Gasteiger partial charge in [-0.15, -0.1) is 0 Å². The van der Waals surface area contributed by atoms with E-state index in [9.17, 15) is 4.39 Å².